The highest BCUT2D eigenvalue weighted by Crippen LogP contribution is 2.09. The van der Waals surface area contributed by atoms with Gasteiger partial charge >= 0.3 is 5.97 Å². The Balaban J connectivity index is 2.90. The van der Waals surface area contributed by atoms with E-state index in [1.54, 1.807) is 20.2 Å². The standard InChI is InChI=1S/C9H15N3O3/c1-4-15-9(13)8-7(6-12(3)14)5-11(2)10-8/h5,14H,4,6H2,1-3H3. The first-order valence-electron chi connectivity index (χ1n) is 4.64. The summed E-state index contributed by atoms with van der Waals surface area (Å²) in [5.41, 5.74) is 0.890. The summed E-state index contributed by atoms with van der Waals surface area (Å²) >= 11 is 0. The van der Waals surface area contributed by atoms with Gasteiger partial charge in [0.2, 0.25) is 0 Å². The number of esters is 1. The Hall–Kier alpha value is -1.40. The minimum absolute atomic E-state index is 0.238. The Kier molecular flexibility index (Phi) is 3.81. The predicted molar refractivity (Wildman–Crippen MR) is 52.4 cm³/mol. The average molecular weight is 213 g/mol. The maximum absolute atomic E-state index is 11.5. The molecule has 0 spiro atoms. The lowest BCUT2D eigenvalue weighted by molar-refractivity contribution is -0.0733. The molecule has 1 aromatic rings. The zero-order valence-electron chi connectivity index (χ0n) is 9.10. The van der Waals surface area contributed by atoms with Crippen molar-refractivity contribution in [3.63, 3.8) is 0 Å². The van der Waals surface area contributed by atoms with Crippen molar-refractivity contribution in [1.29, 1.82) is 0 Å². The molecule has 0 unspecified atom stereocenters. The average Bonchev–Trinajstić information content (AvgIpc) is 2.46. The van der Waals surface area contributed by atoms with Gasteiger partial charge in [0.1, 0.15) is 0 Å². The minimum Gasteiger partial charge on any atom is -0.461 e. The largest absolute Gasteiger partial charge is 0.461 e. The number of nitrogens with zero attached hydrogens (tertiary/aromatic N) is 3. The van der Waals surface area contributed by atoms with E-state index in [1.165, 1.54) is 11.7 Å². The van der Waals surface area contributed by atoms with E-state index in [4.69, 9.17) is 9.94 Å². The molecule has 0 bridgehead atoms. The molecule has 0 fully saturated rings. The van der Waals surface area contributed by atoms with Gasteiger partial charge in [-0.2, -0.15) is 10.2 Å². The van der Waals surface area contributed by atoms with Gasteiger partial charge in [-0.25, -0.2) is 4.79 Å². The highest BCUT2D eigenvalue weighted by atomic mass is 16.5. The lowest BCUT2D eigenvalue weighted by Crippen LogP contribution is -2.15. The van der Waals surface area contributed by atoms with E-state index in [2.05, 4.69) is 5.10 Å². The number of rotatable bonds is 4. The highest BCUT2D eigenvalue weighted by molar-refractivity contribution is 5.88. The third-order valence-corrected chi connectivity index (χ3v) is 1.77. The van der Waals surface area contributed by atoms with Crippen molar-refractivity contribution in [2.24, 2.45) is 7.05 Å². The molecule has 6 heteroatoms. The van der Waals surface area contributed by atoms with E-state index in [1.807, 2.05) is 0 Å². The van der Waals surface area contributed by atoms with Crippen molar-refractivity contribution in [1.82, 2.24) is 14.8 Å². The second-order valence-electron chi connectivity index (χ2n) is 3.21. The van der Waals surface area contributed by atoms with Crippen LogP contribution in [0.15, 0.2) is 6.20 Å². The van der Waals surface area contributed by atoms with Crippen LogP contribution in [0.5, 0.6) is 0 Å². The molecular weight excluding hydrogens is 198 g/mol. The number of carbonyl (C=O) groups is 1. The minimum atomic E-state index is -0.463. The van der Waals surface area contributed by atoms with Crippen LogP contribution in [0.1, 0.15) is 23.0 Å². The molecule has 1 aromatic heterocycles. The first kappa shape index (κ1) is 11.7. The summed E-state index contributed by atoms with van der Waals surface area (Å²) in [7, 11) is 3.21. The van der Waals surface area contributed by atoms with Crippen LogP contribution in [0.3, 0.4) is 0 Å². The number of aromatic nitrogens is 2. The Morgan fingerprint density at radius 3 is 2.93 bits per heavy atom. The van der Waals surface area contributed by atoms with Crippen LogP contribution in [0, 0.1) is 0 Å². The Labute approximate surface area is 88.0 Å². The van der Waals surface area contributed by atoms with Crippen LogP contribution in [0.25, 0.3) is 0 Å². The number of hydrogen-bond acceptors (Lipinski definition) is 5. The van der Waals surface area contributed by atoms with Crippen molar-refractivity contribution >= 4 is 5.97 Å². The Morgan fingerprint density at radius 2 is 2.40 bits per heavy atom. The van der Waals surface area contributed by atoms with E-state index >= 15 is 0 Å². The molecule has 0 saturated heterocycles. The van der Waals surface area contributed by atoms with Gasteiger partial charge in [-0.15, -0.1) is 0 Å². The molecule has 0 aliphatic heterocycles. The molecule has 6 nitrogen and oxygen atoms in total. The van der Waals surface area contributed by atoms with E-state index < -0.39 is 5.97 Å². The fourth-order valence-electron chi connectivity index (χ4n) is 1.27. The van der Waals surface area contributed by atoms with Crippen LogP contribution in [-0.4, -0.2) is 39.7 Å². The number of hydroxylamine groups is 2. The summed E-state index contributed by atoms with van der Waals surface area (Å²) in [4.78, 5) is 11.5. The summed E-state index contributed by atoms with van der Waals surface area (Å²) < 4.78 is 6.37. The molecule has 0 aliphatic carbocycles. The summed E-state index contributed by atoms with van der Waals surface area (Å²) in [6.45, 7) is 2.28. The van der Waals surface area contributed by atoms with E-state index in [0.29, 0.717) is 12.2 Å². The third-order valence-electron chi connectivity index (χ3n) is 1.77. The van der Waals surface area contributed by atoms with Crippen molar-refractivity contribution in [3.05, 3.63) is 17.5 Å². The fourth-order valence-corrected chi connectivity index (χ4v) is 1.27. The maximum Gasteiger partial charge on any atom is 0.359 e. The van der Waals surface area contributed by atoms with Gasteiger partial charge < -0.3 is 9.94 Å². The number of carbonyl (C=O) groups excluding carboxylic acids is 1. The summed E-state index contributed by atoms with van der Waals surface area (Å²) in [6, 6.07) is 0. The molecule has 0 aromatic carbocycles. The topological polar surface area (TPSA) is 67.6 Å². The van der Waals surface area contributed by atoms with Crippen molar-refractivity contribution in [2.75, 3.05) is 13.7 Å². The molecule has 84 valence electrons. The molecule has 0 radical (unpaired) electrons. The molecule has 1 heterocycles. The van der Waals surface area contributed by atoms with E-state index in [9.17, 15) is 4.79 Å². The van der Waals surface area contributed by atoms with Gasteiger partial charge in [0.05, 0.1) is 13.2 Å². The first-order valence-corrected chi connectivity index (χ1v) is 4.64. The van der Waals surface area contributed by atoms with Gasteiger partial charge in [0.15, 0.2) is 5.69 Å². The summed E-state index contributed by atoms with van der Waals surface area (Å²) in [5, 5.41) is 14.1. The van der Waals surface area contributed by atoms with E-state index in [-0.39, 0.29) is 12.2 Å². The number of aryl methyl sites for hydroxylation is 1. The number of ether oxygens (including phenoxy) is 1. The SMILES string of the molecule is CCOC(=O)c1nn(C)cc1CN(C)O. The van der Waals surface area contributed by atoms with E-state index in [0.717, 1.165) is 5.06 Å². The monoisotopic (exact) mass is 213 g/mol. The van der Waals surface area contributed by atoms with Crippen LogP contribution >= 0.6 is 0 Å². The number of hydrogen-bond donors (Lipinski definition) is 1. The second kappa shape index (κ2) is 4.90. The molecule has 15 heavy (non-hydrogen) atoms. The van der Waals surface area contributed by atoms with Gasteiger partial charge in [0, 0.05) is 25.9 Å². The van der Waals surface area contributed by atoms with Gasteiger partial charge in [-0.3, -0.25) is 4.68 Å². The van der Waals surface area contributed by atoms with Gasteiger partial charge in [0.25, 0.3) is 0 Å². The normalized spacial score (nSPS) is 10.7. The Morgan fingerprint density at radius 1 is 1.73 bits per heavy atom. The zero-order valence-corrected chi connectivity index (χ0v) is 9.10. The molecular formula is C9H15N3O3. The second-order valence-corrected chi connectivity index (χ2v) is 3.21. The van der Waals surface area contributed by atoms with Gasteiger partial charge in [-0.1, -0.05) is 0 Å². The molecule has 1 N–H and O–H groups in total. The Bertz CT molecular complexity index is 346. The molecule has 1 rings (SSSR count). The first-order chi connectivity index (χ1) is 7.04. The molecule has 0 aliphatic rings. The highest BCUT2D eigenvalue weighted by Gasteiger charge is 2.17. The quantitative estimate of drug-likeness (QED) is 0.580. The van der Waals surface area contributed by atoms with Crippen LogP contribution < -0.4 is 0 Å². The van der Waals surface area contributed by atoms with Crippen molar-refractivity contribution < 1.29 is 14.7 Å². The zero-order chi connectivity index (χ0) is 11.4. The predicted octanol–water partition coefficient (Wildman–Crippen LogP) is 0.418. The summed E-state index contributed by atoms with van der Waals surface area (Å²) in [6.07, 6.45) is 1.68. The van der Waals surface area contributed by atoms with Crippen molar-refractivity contribution in [3.8, 4) is 0 Å². The smallest absolute Gasteiger partial charge is 0.359 e. The lowest BCUT2D eigenvalue weighted by Gasteiger charge is -2.06. The lowest BCUT2D eigenvalue weighted by atomic mass is 10.2. The van der Waals surface area contributed by atoms with Crippen LogP contribution in [-0.2, 0) is 18.3 Å². The molecule has 0 amide bonds. The maximum atomic E-state index is 11.5. The third kappa shape index (κ3) is 3.03. The molecule has 0 atom stereocenters. The van der Waals surface area contributed by atoms with Gasteiger partial charge in [-0.05, 0) is 6.92 Å². The van der Waals surface area contributed by atoms with Crippen LogP contribution in [0.2, 0.25) is 0 Å². The summed E-state index contributed by atoms with van der Waals surface area (Å²) in [5.74, 6) is -0.463. The molecule has 0 saturated carbocycles. The van der Waals surface area contributed by atoms with Crippen molar-refractivity contribution in [2.45, 2.75) is 13.5 Å². The fraction of sp³-hybridized carbons (Fsp3) is 0.556. The van der Waals surface area contributed by atoms with Crippen LogP contribution in [0.4, 0.5) is 0 Å².